The van der Waals surface area contributed by atoms with Gasteiger partial charge in [0.05, 0.1) is 5.56 Å². The molecule has 0 radical (unpaired) electrons. The molecule has 1 aliphatic carbocycles. The first-order valence-electron chi connectivity index (χ1n) is 12.6. The number of hydrogen-bond donors (Lipinski definition) is 1. The van der Waals surface area contributed by atoms with Gasteiger partial charge in [-0.25, -0.2) is 9.18 Å². The molecule has 0 bridgehead atoms. The fourth-order valence-electron chi connectivity index (χ4n) is 5.16. The quantitative estimate of drug-likeness (QED) is 0.458. The second kappa shape index (κ2) is 11.5. The highest BCUT2D eigenvalue weighted by atomic mass is 19.4. The lowest BCUT2D eigenvalue weighted by atomic mass is 9.85. The predicted octanol–water partition coefficient (Wildman–Crippen LogP) is 5.73. The molecule has 0 spiro atoms. The van der Waals surface area contributed by atoms with Crippen LogP contribution in [0.1, 0.15) is 59.9 Å². The van der Waals surface area contributed by atoms with Gasteiger partial charge in [-0.2, -0.15) is 13.2 Å². The van der Waals surface area contributed by atoms with Crippen LogP contribution in [0.25, 0.3) is 0 Å². The average molecular weight is 536 g/mol. The molecule has 1 heterocycles. The number of fused-ring (bicyclic) bond motifs is 1. The predicted molar refractivity (Wildman–Crippen MR) is 129 cm³/mol. The number of aliphatic carboxylic acids is 1. The molecule has 0 unspecified atom stereocenters. The maximum Gasteiger partial charge on any atom is 0.416 e. The zero-order valence-corrected chi connectivity index (χ0v) is 20.7. The molecule has 1 saturated carbocycles. The molecule has 204 valence electrons. The molecule has 0 aromatic heterocycles. The summed E-state index contributed by atoms with van der Waals surface area (Å²) in [6.45, 7) is 0.821. The third-order valence-corrected chi connectivity index (χ3v) is 7.24. The molecular formula is C28H29F4NO5. The number of carboxylic acid groups (broad SMARTS) is 1. The van der Waals surface area contributed by atoms with E-state index in [0.717, 1.165) is 41.7 Å². The molecule has 0 saturated heterocycles. The molecular weight excluding hydrogens is 506 g/mol. The van der Waals surface area contributed by atoms with Crippen LogP contribution in [-0.4, -0.2) is 40.5 Å². The molecule has 1 amide bonds. The topological polar surface area (TPSA) is 83.9 Å². The van der Waals surface area contributed by atoms with Crippen LogP contribution < -0.4 is 0 Å². The Balaban J connectivity index is 1.28. The van der Waals surface area contributed by atoms with E-state index >= 15 is 0 Å². The molecule has 1 N–H and O–H groups in total. The lowest BCUT2D eigenvalue weighted by molar-refractivity contribution is -0.139. The van der Waals surface area contributed by atoms with Crippen molar-refractivity contribution in [2.75, 3.05) is 6.54 Å². The number of amides is 1. The molecule has 2 aliphatic rings. The van der Waals surface area contributed by atoms with Crippen molar-refractivity contribution in [2.45, 2.75) is 70.2 Å². The van der Waals surface area contributed by atoms with E-state index < -0.39 is 29.6 Å². The van der Waals surface area contributed by atoms with Gasteiger partial charge in [0, 0.05) is 32.4 Å². The van der Waals surface area contributed by atoms with Gasteiger partial charge in [0.15, 0.2) is 0 Å². The van der Waals surface area contributed by atoms with E-state index in [1.807, 2.05) is 12.1 Å². The van der Waals surface area contributed by atoms with E-state index in [4.69, 9.17) is 9.84 Å². The van der Waals surface area contributed by atoms with Crippen molar-refractivity contribution < 1.29 is 41.8 Å². The minimum Gasteiger partial charge on any atom is -0.481 e. The van der Waals surface area contributed by atoms with Crippen molar-refractivity contribution in [1.29, 1.82) is 0 Å². The Kier molecular flexibility index (Phi) is 8.38. The third kappa shape index (κ3) is 7.11. The summed E-state index contributed by atoms with van der Waals surface area (Å²) in [6, 6.07) is 7.65. The van der Waals surface area contributed by atoms with Gasteiger partial charge in [0.1, 0.15) is 17.7 Å². The number of carbonyl (C=O) groups is 3. The van der Waals surface area contributed by atoms with Crippen LogP contribution in [0.15, 0.2) is 36.4 Å². The Morgan fingerprint density at radius 2 is 1.71 bits per heavy atom. The van der Waals surface area contributed by atoms with Gasteiger partial charge < -0.3 is 14.7 Å². The number of ketones is 1. The first kappa shape index (κ1) is 27.6. The van der Waals surface area contributed by atoms with Gasteiger partial charge in [-0.3, -0.25) is 9.59 Å². The van der Waals surface area contributed by atoms with Crippen molar-refractivity contribution in [1.82, 2.24) is 4.90 Å². The lowest BCUT2D eigenvalue weighted by Crippen LogP contribution is -2.39. The van der Waals surface area contributed by atoms with E-state index in [9.17, 15) is 31.9 Å². The molecule has 1 fully saturated rings. The standard InChI is InChI=1S/C28H29F4NO5/c29-25-15-22(28(30,31)32)6-5-20(25)14-23(34)12-18-1-4-21-16-33(10-9-19(21)11-18)27(37)38-24-7-2-17(3-8-24)13-26(35)36/h1,4-6,11,15,17,24H,2-3,7-10,12-14,16H2,(H,35,36). The fourth-order valence-corrected chi connectivity index (χ4v) is 5.16. The van der Waals surface area contributed by atoms with Gasteiger partial charge in [-0.1, -0.05) is 24.3 Å². The van der Waals surface area contributed by atoms with E-state index in [2.05, 4.69) is 0 Å². The molecule has 10 heteroatoms. The molecule has 2 aromatic rings. The van der Waals surface area contributed by atoms with Crippen LogP contribution in [-0.2, 0) is 46.3 Å². The number of carboxylic acids is 1. The molecule has 4 rings (SSSR count). The molecule has 38 heavy (non-hydrogen) atoms. The smallest absolute Gasteiger partial charge is 0.416 e. The van der Waals surface area contributed by atoms with Crippen molar-refractivity contribution in [3.8, 4) is 0 Å². The number of rotatable bonds is 7. The monoisotopic (exact) mass is 535 g/mol. The molecule has 2 aromatic carbocycles. The third-order valence-electron chi connectivity index (χ3n) is 7.24. The second-order valence-electron chi connectivity index (χ2n) is 10.1. The zero-order chi connectivity index (χ0) is 27.4. The number of benzene rings is 2. The summed E-state index contributed by atoms with van der Waals surface area (Å²) in [7, 11) is 0. The highest BCUT2D eigenvalue weighted by molar-refractivity contribution is 5.83. The Morgan fingerprint density at radius 1 is 0.974 bits per heavy atom. The van der Waals surface area contributed by atoms with Crippen molar-refractivity contribution in [3.05, 3.63) is 70.0 Å². The highest BCUT2D eigenvalue weighted by Crippen LogP contribution is 2.31. The molecule has 0 atom stereocenters. The van der Waals surface area contributed by atoms with Crippen molar-refractivity contribution >= 4 is 17.8 Å². The number of nitrogens with zero attached hydrogens (tertiary/aromatic N) is 1. The Morgan fingerprint density at radius 3 is 2.37 bits per heavy atom. The summed E-state index contributed by atoms with van der Waals surface area (Å²) in [4.78, 5) is 37.7. The SMILES string of the molecule is O=C(O)CC1CCC(OC(=O)N2CCc3cc(CC(=O)Cc4ccc(C(F)(F)F)cc4F)ccc3C2)CC1. The second-order valence-corrected chi connectivity index (χ2v) is 10.1. The summed E-state index contributed by atoms with van der Waals surface area (Å²) < 4.78 is 58.0. The fraction of sp³-hybridized carbons (Fsp3) is 0.464. The van der Waals surface area contributed by atoms with Crippen molar-refractivity contribution in [3.63, 3.8) is 0 Å². The summed E-state index contributed by atoms with van der Waals surface area (Å²) in [5, 5.41) is 8.93. The maximum absolute atomic E-state index is 14.1. The first-order valence-corrected chi connectivity index (χ1v) is 12.6. The summed E-state index contributed by atoms with van der Waals surface area (Å²) >= 11 is 0. The minimum atomic E-state index is -4.65. The summed E-state index contributed by atoms with van der Waals surface area (Å²) in [5.41, 5.74) is 1.47. The van der Waals surface area contributed by atoms with Gasteiger partial charge in [-0.05, 0) is 72.4 Å². The Hall–Kier alpha value is -3.43. The Bertz CT molecular complexity index is 1200. The number of alkyl halides is 3. The van der Waals surface area contributed by atoms with Crippen LogP contribution in [0, 0.1) is 11.7 Å². The van der Waals surface area contributed by atoms with Crippen LogP contribution in [0.4, 0.5) is 22.4 Å². The van der Waals surface area contributed by atoms with Gasteiger partial charge in [0.2, 0.25) is 0 Å². The number of carbonyl (C=O) groups excluding carboxylic acids is 2. The number of hydrogen-bond acceptors (Lipinski definition) is 4. The highest BCUT2D eigenvalue weighted by Gasteiger charge is 2.31. The number of halogens is 4. The molecule has 1 aliphatic heterocycles. The maximum atomic E-state index is 14.1. The van der Waals surface area contributed by atoms with E-state index in [-0.39, 0.29) is 42.6 Å². The minimum absolute atomic E-state index is 0.0179. The largest absolute Gasteiger partial charge is 0.481 e. The van der Waals surface area contributed by atoms with Gasteiger partial charge in [-0.15, -0.1) is 0 Å². The van der Waals surface area contributed by atoms with E-state index in [0.29, 0.717) is 38.4 Å². The number of Topliss-reactive ketones (excluding diaryl/α,β-unsaturated/α-hetero) is 1. The molecule has 6 nitrogen and oxygen atoms in total. The lowest BCUT2D eigenvalue weighted by Gasteiger charge is -2.32. The first-order chi connectivity index (χ1) is 18.0. The van der Waals surface area contributed by atoms with E-state index in [1.165, 1.54) is 0 Å². The number of ether oxygens (including phenoxy) is 1. The average Bonchev–Trinajstić information content (AvgIpc) is 2.85. The van der Waals surface area contributed by atoms with Gasteiger partial charge in [0.25, 0.3) is 0 Å². The summed E-state index contributed by atoms with van der Waals surface area (Å²) in [6.07, 6.45) is -2.07. The van der Waals surface area contributed by atoms with E-state index in [1.54, 1.807) is 11.0 Å². The zero-order valence-electron chi connectivity index (χ0n) is 20.7. The van der Waals surface area contributed by atoms with Crippen LogP contribution in [0.2, 0.25) is 0 Å². The van der Waals surface area contributed by atoms with Crippen molar-refractivity contribution in [2.24, 2.45) is 5.92 Å². The van der Waals surface area contributed by atoms with Gasteiger partial charge >= 0.3 is 18.2 Å². The Labute approximate surface area is 217 Å². The van der Waals surface area contributed by atoms with Crippen LogP contribution in [0.5, 0.6) is 0 Å². The summed E-state index contributed by atoms with van der Waals surface area (Å²) in [5.74, 6) is -2.06. The van der Waals surface area contributed by atoms with Crippen LogP contribution in [0.3, 0.4) is 0 Å². The normalized spacial score (nSPS) is 19.5. The van der Waals surface area contributed by atoms with Crippen LogP contribution >= 0.6 is 0 Å².